The third-order valence-corrected chi connectivity index (χ3v) is 13.0. The van der Waals surface area contributed by atoms with E-state index in [0.29, 0.717) is 25.7 Å². The fourth-order valence-electron chi connectivity index (χ4n) is 8.45. The highest BCUT2D eigenvalue weighted by Gasteiger charge is 2.50. The van der Waals surface area contributed by atoms with Crippen LogP contribution in [0.15, 0.2) is 85.1 Å². The van der Waals surface area contributed by atoms with Crippen molar-refractivity contribution >= 4 is 23.9 Å². The van der Waals surface area contributed by atoms with Gasteiger partial charge in [-0.2, -0.15) is 0 Å². The first-order valence-corrected chi connectivity index (χ1v) is 29.6. The van der Waals surface area contributed by atoms with E-state index in [0.717, 1.165) is 89.9 Å². The number of aliphatic carboxylic acids is 1. The molecule has 428 valence electrons. The fourth-order valence-corrected chi connectivity index (χ4v) is 8.45. The van der Waals surface area contributed by atoms with Gasteiger partial charge in [0.1, 0.15) is 18.8 Å². The molecule has 0 aliphatic carbocycles. The summed E-state index contributed by atoms with van der Waals surface area (Å²) in [5.74, 6) is -3.24. The second kappa shape index (κ2) is 50.7. The monoisotopic (exact) mass is 1050 g/mol. The van der Waals surface area contributed by atoms with Crippen molar-refractivity contribution in [1.29, 1.82) is 0 Å². The Morgan fingerprint density at radius 3 is 1.36 bits per heavy atom. The number of aliphatic hydroxyl groups excluding tert-OH is 2. The number of hydrogen-bond acceptors (Lipinski definition) is 11. The van der Waals surface area contributed by atoms with Crippen LogP contribution in [0.25, 0.3) is 0 Å². The highest BCUT2D eigenvalue weighted by atomic mass is 16.7. The number of carbonyl (C=O) groups is 4. The van der Waals surface area contributed by atoms with Crippen molar-refractivity contribution in [2.24, 2.45) is 0 Å². The first kappa shape index (κ1) is 68.9. The van der Waals surface area contributed by atoms with Crippen molar-refractivity contribution < 1.29 is 58.2 Å². The summed E-state index contributed by atoms with van der Waals surface area (Å²) in [6.07, 6.45) is 52.8. The van der Waals surface area contributed by atoms with E-state index in [-0.39, 0.29) is 25.9 Å². The molecule has 6 unspecified atom stereocenters. The summed E-state index contributed by atoms with van der Waals surface area (Å²) in [5, 5.41) is 31.4. The van der Waals surface area contributed by atoms with Crippen LogP contribution in [-0.2, 0) is 42.9 Å². The van der Waals surface area contributed by atoms with Crippen LogP contribution in [0, 0.1) is 0 Å². The number of rotatable bonds is 49. The summed E-state index contributed by atoms with van der Waals surface area (Å²) < 4.78 is 28.3. The molecule has 0 amide bonds. The van der Waals surface area contributed by atoms with Gasteiger partial charge in [0.15, 0.2) is 24.6 Å². The van der Waals surface area contributed by atoms with E-state index in [1.165, 1.54) is 83.5 Å². The summed E-state index contributed by atoms with van der Waals surface area (Å²) in [6.45, 7) is 5.80. The van der Waals surface area contributed by atoms with E-state index in [9.17, 15) is 34.5 Å². The largest absolute Gasteiger partial charge is 0.479 e. The van der Waals surface area contributed by atoms with Crippen molar-refractivity contribution in [1.82, 2.24) is 0 Å². The first-order chi connectivity index (χ1) is 36.6. The van der Waals surface area contributed by atoms with Gasteiger partial charge in [0.25, 0.3) is 0 Å². The van der Waals surface area contributed by atoms with Crippen molar-refractivity contribution in [3.63, 3.8) is 0 Å². The third-order valence-electron chi connectivity index (χ3n) is 13.0. The van der Waals surface area contributed by atoms with Crippen LogP contribution in [0.2, 0.25) is 0 Å². The molecule has 0 aromatic carbocycles. The molecule has 12 nitrogen and oxygen atoms in total. The maximum Gasteiger partial charge on any atom is 0.335 e. The summed E-state index contributed by atoms with van der Waals surface area (Å²) in [4.78, 5) is 51.0. The molecule has 1 fully saturated rings. The molecule has 0 bridgehead atoms. The highest BCUT2D eigenvalue weighted by Crippen LogP contribution is 2.26. The third kappa shape index (κ3) is 40.8. The Bertz CT molecular complexity index is 1630. The zero-order chi connectivity index (χ0) is 54.7. The molecule has 0 aromatic rings. The Morgan fingerprint density at radius 1 is 0.453 bits per heavy atom. The number of aliphatic hydroxyl groups is 2. The lowest BCUT2D eigenvalue weighted by Gasteiger charge is -2.40. The van der Waals surface area contributed by atoms with Gasteiger partial charge in [-0.15, -0.1) is 0 Å². The predicted molar refractivity (Wildman–Crippen MR) is 303 cm³/mol. The maximum atomic E-state index is 13.1. The number of carbonyl (C=O) groups excluding carboxylic acids is 3. The van der Waals surface area contributed by atoms with Crippen LogP contribution in [0.3, 0.4) is 0 Å². The number of hydrogen-bond donors (Lipinski definition) is 3. The lowest BCUT2D eigenvalue weighted by atomic mass is 9.98. The summed E-state index contributed by atoms with van der Waals surface area (Å²) >= 11 is 0. The molecule has 1 aliphatic heterocycles. The molecule has 1 aliphatic rings. The van der Waals surface area contributed by atoms with Crippen LogP contribution in [0.1, 0.15) is 239 Å². The SMILES string of the molecule is CC/C=C\C/C=C\C/C=C\C/C=C\CCC(=O)OC1C(OCC(COC(=O)CCCCCCCC/C=C\C/C=C\C/C=C\CCCCC)OC(=O)CCCCCCCCCCCCCCC)OC(C(=O)O)C(O)C1O. The van der Waals surface area contributed by atoms with E-state index < -0.39 is 67.3 Å². The van der Waals surface area contributed by atoms with E-state index in [4.69, 9.17) is 23.7 Å². The van der Waals surface area contributed by atoms with Crippen molar-refractivity contribution in [2.45, 2.75) is 276 Å². The minimum absolute atomic E-state index is 0.0636. The van der Waals surface area contributed by atoms with Crippen LogP contribution in [0.5, 0.6) is 0 Å². The Kier molecular flexibility index (Phi) is 46.6. The maximum absolute atomic E-state index is 13.1. The van der Waals surface area contributed by atoms with Crippen LogP contribution in [0.4, 0.5) is 0 Å². The summed E-state index contributed by atoms with van der Waals surface area (Å²) in [7, 11) is 0. The molecule has 0 saturated carbocycles. The quantitative estimate of drug-likeness (QED) is 0.0228. The molecule has 0 spiro atoms. The van der Waals surface area contributed by atoms with Gasteiger partial charge in [-0.3, -0.25) is 14.4 Å². The summed E-state index contributed by atoms with van der Waals surface area (Å²) in [6, 6.07) is 0. The van der Waals surface area contributed by atoms with Gasteiger partial charge in [0, 0.05) is 19.3 Å². The normalized spacial score (nSPS) is 18.8. The zero-order valence-corrected chi connectivity index (χ0v) is 47.0. The number of ether oxygens (including phenoxy) is 5. The number of unbranched alkanes of at least 4 members (excludes halogenated alkanes) is 21. The minimum atomic E-state index is -1.93. The topological polar surface area (TPSA) is 175 Å². The number of esters is 3. The second-order valence-corrected chi connectivity index (χ2v) is 19.9. The summed E-state index contributed by atoms with van der Waals surface area (Å²) in [5.41, 5.74) is 0. The highest BCUT2D eigenvalue weighted by molar-refractivity contribution is 5.74. The Morgan fingerprint density at radius 2 is 0.867 bits per heavy atom. The molecule has 0 radical (unpaired) electrons. The smallest absolute Gasteiger partial charge is 0.335 e. The van der Waals surface area contributed by atoms with Gasteiger partial charge >= 0.3 is 23.9 Å². The van der Waals surface area contributed by atoms with Gasteiger partial charge in [-0.25, -0.2) is 4.79 Å². The average Bonchev–Trinajstić information content (AvgIpc) is 3.39. The number of carboxylic acid groups (broad SMARTS) is 1. The second-order valence-electron chi connectivity index (χ2n) is 19.9. The molecule has 12 heteroatoms. The molecular weight excluding hydrogens is 949 g/mol. The van der Waals surface area contributed by atoms with Crippen LogP contribution < -0.4 is 0 Å². The molecule has 0 aromatic heterocycles. The zero-order valence-electron chi connectivity index (χ0n) is 47.0. The molecule has 1 heterocycles. The number of allylic oxidation sites excluding steroid dienone is 14. The minimum Gasteiger partial charge on any atom is -0.479 e. The van der Waals surface area contributed by atoms with Crippen molar-refractivity contribution in [2.75, 3.05) is 13.2 Å². The van der Waals surface area contributed by atoms with E-state index in [1.54, 1.807) is 0 Å². The van der Waals surface area contributed by atoms with Gasteiger partial charge in [0.2, 0.25) is 0 Å². The number of carboxylic acids is 1. The Labute approximate surface area is 454 Å². The molecule has 3 N–H and O–H groups in total. The predicted octanol–water partition coefficient (Wildman–Crippen LogP) is 15.1. The molecular formula is C63H104O12. The molecule has 75 heavy (non-hydrogen) atoms. The molecule has 1 rings (SSSR count). The first-order valence-electron chi connectivity index (χ1n) is 29.6. The fraction of sp³-hybridized carbons (Fsp3) is 0.714. The van der Waals surface area contributed by atoms with E-state index in [2.05, 4.69) is 87.6 Å². The average molecular weight is 1050 g/mol. The Balaban J connectivity index is 2.72. The standard InChI is InChI=1S/C63H104O12/c1-4-7-10-13-16-19-22-25-26-27-28-29-30-33-34-37-40-43-46-49-55(64)71-52-54(73-56(65)50-47-44-41-38-35-31-23-20-17-14-11-8-5-2)53-72-63-61(59(68)58(67)60(75-63)62(69)70)74-57(66)51-48-45-42-39-36-32-24-21-18-15-12-9-6-3/h9,12,16,18-19,21,25-26,28-29,32,36,42,45,54,58-61,63,67-68H,4-8,10-11,13-15,17,20,22-24,27,30-31,33-35,37-41,43-44,46-53H2,1-3H3,(H,69,70)/b12-9-,19-16-,21-18-,26-25-,29-28-,36-32-,45-42-. The lowest BCUT2D eigenvalue weighted by molar-refractivity contribution is -0.301. The van der Waals surface area contributed by atoms with Crippen LogP contribution in [-0.4, -0.2) is 89.2 Å². The van der Waals surface area contributed by atoms with Gasteiger partial charge in [-0.1, -0.05) is 221 Å². The Hall–Kier alpha value is -4.10. The van der Waals surface area contributed by atoms with Gasteiger partial charge in [0.05, 0.1) is 6.61 Å². The van der Waals surface area contributed by atoms with Gasteiger partial charge < -0.3 is 39.0 Å². The van der Waals surface area contributed by atoms with Crippen LogP contribution >= 0.6 is 0 Å². The molecule has 1 saturated heterocycles. The van der Waals surface area contributed by atoms with Gasteiger partial charge in [-0.05, 0) is 83.5 Å². The molecule has 6 atom stereocenters. The van der Waals surface area contributed by atoms with Crippen molar-refractivity contribution in [3.8, 4) is 0 Å². The van der Waals surface area contributed by atoms with E-state index >= 15 is 0 Å². The van der Waals surface area contributed by atoms with E-state index in [1.807, 2.05) is 18.2 Å². The lowest BCUT2D eigenvalue weighted by Crippen LogP contribution is -2.61. The van der Waals surface area contributed by atoms with Crippen molar-refractivity contribution in [3.05, 3.63) is 85.1 Å².